The van der Waals surface area contributed by atoms with Gasteiger partial charge in [0.15, 0.2) is 0 Å². The van der Waals surface area contributed by atoms with Gasteiger partial charge < -0.3 is 4.74 Å². The molecule has 0 atom stereocenters. The van der Waals surface area contributed by atoms with Crippen molar-refractivity contribution in [2.24, 2.45) is 0 Å². The van der Waals surface area contributed by atoms with E-state index in [9.17, 15) is 8.78 Å². The lowest BCUT2D eigenvalue weighted by atomic mass is 10.0. The molecule has 1 aromatic heterocycles. The summed E-state index contributed by atoms with van der Waals surface area (Å²) >= 11 is 1.70. The lowest BCUT2D eigenvalue weighted by molar-refractivity contribution is 0.0174. The Morgan fingerprint density at radius 2 is 1.92 bits per heavy atom. The number of halogens is 2. The van der Waals surface area contributed by atoms with Crippen molar-refractivity contribution >= 4 is 21.4 Å². The molecule has 0 N–H and O–H groups in total. The number of hydrogen-bond donors (Lipinski definition) is 0. The second-order valence-corrected chi connectivity index (χ2v) is 7.78. The highest BCUT2D eigenvalue weighted by atomic mass is 32.1. The highest BCUT2D eigenvalue weighted by Crippen LogP contribution is 2.32. The second kappa shape index (κ2) is 7.20. The summed E-state index contributed by atoms with van der Waals surface area (Å²) < 4.78 is 33.9. The predicted octanol–water partition coefficient (Wildman–Crippen LogP) is 7.02. The first-order valence-corrected chi connectivity index (χ1v) is 9.37. The van der Waals surface area contributed by atoms with Crippen LogP contribution < -0.4 is 4.74 Å². The molecule has 0 saturated heterocycles. The zero-order valence-electron chi connectivity index (χ0n) is 15.2. The van der Waals surface area contributed by atoms with E-state index in [0.717, 1.165) is 35.8 Å². The van der Waals surface area contributed by atoms with Gasteiger partial charge in [-0.25, -0.2) is 8.78 Å². The van der Waals surface area contributed by atoms with Crippen molar-refractivity contribution in [3.8, 4) is 5.75 Å². The number of aryl methyl sites for hydroxylation is 1. The van der Waals surface area contributed by atoms with Crippen LogP contribution in [0.15, 0.2) is 53.9 Å². The minimum Gasteiger partial charge on any atom is -0.489 e. The van der Waals surface area contributed by atoms with Gasteiger partial charge >= 0.3 is 0 Å². The van der Waals surface area contributed by atoms with E-state index in [2.05, 4.69) is 18.0 Å². The molecular formula is C22H22F2OS. The normalized spacial score (nSPS) is 11.7. The Hall–Kier alpha value is -2.20. The molecule has 4 heteroatoms. The van der Waals surface area contributed by atoms with E-state index in [1.54, 1.807) is 17.4 Å². The highest BCUT2D eigenvalue weighted by molar-refractivity contribution is 7.17. The van der Waals surface area contributed by atoms with Crippen LogP contribution in [0.5, 0.6) is 5.75 Å². The second-order valence-electron chi connectivity index (χ2n) is 6.87. The number of allylic oxidation sites excluding steroid dienone is 1. The van der Waals surface area contributed by atoms with Crippen LogP contribution in [-0.4, -0.2) is 0 Å². The van der Waals surface area contributed by atoms with E-state index in [1.807, 2.05) is 26.0 Å². The van der Waals surface area contributed by atoms with Crippen LogP contribution in [0.25, 0.3) is 10.1 Å². The molecule has 0 amide bonds. The fourth-order valence-corrected chi connectivity index (χ4v) is 3.90. The molecule has 0 saturated carbocycles. The molecule has 0 spiro atoms. The van der Waals surface area contributed by atoms with Crippen LogP contribution in [0.4, 0.5) is 8.78 Å². The summed E-state index contributed by atoms with van der Waals surface area (Å²) in [5.74, 6) is -2.04. The van der Waals surface area contributed by atoms with Gasteiger partial charge in [-0.1, -0.05) is 24.3 Å². The molecule has 3 rings (SSSR count). The van der Waals surface area contributed by atoms with Crippen molar-refractivity contribution in [1.82, 2.24) is 0 Å². The van der Waals surface area contributed by atoms with Gasteiger partial charge in [-0.2, -0.15) is 0 Å². The van der Waals surface area contributed by atoms with Crippen LogP contribution in [0.3, 0.4) is 0 Å². The Kier molecular flexibility index (Phi) is 5.15. The van der Waals surface area contributed by atoms with Crippen LogP contribution >= 0.6 is 11.3 Å². The van der Waals surface area contributed by atoms with Gasteiger partial charge in [0, 0.05) is 17.2 Å². The molecule has 26 heavy (non-hydrogen) atoms. The maximum atomic E-state index is 13.4. The summed E-state index contributed by atoms with van der Waals surface area (Å²) in [6.45, 7) is 9.12. The van der Waals surface area contributed by atoms with E-state index >= 15 is 0 Å². The largest absolute Gasteiger partial charge is 0.489 e. The van der Waals surface area contributed by atoms with Crippen molar-refractivity contribution in [3.63, 3.8) is 0 Å². The average molecular weight is 372 g/mol. The Balaban J connectivity index is 1.75. The Morgan fingerprint density at radius 1 is 1.15 bits per heavy atom. The number of hydrogen-bond acceptors (Lipinski definition) is 2. The van der Waals surface area contributed by atoms with Crippen LogP contribution in [-0.2, 0) is 19.0 Å². The summed E-state index contributed by atoms with van der Waals surface area (Å²) in [5.41, 5.74) is 4.18. The van der Waals surface area contributed by atoms with Gasteiger partial charge in [-0.15, -0.1) is 11.3 Å². The van der Waals surface area contributed by atoms with Gasteiger partial charge in [0.25, 0.3) is 5.92 Å². The SMILES string of the molecule is C=C(C)Cc1csc2cc(OCc3ccc(C(C)(F)F)cc3C)ccc12. The number of benzene rings is 2. The van der Waals surface area contributed by atoms with E-state index < -0.39 is 5.92 Å². The Bertz CT molecular complexity index is 950. The third-order valence-electron chi connectivity index (χ3n) is 4.36. The Labute approximate surface area is 156 Å². The smallest absolute Gasteiger partial charge is 0.270 e. The zero-order valence-corrected chi connectivity index (χ0v) is 16.1. The number of rotatable bonds is 6. The molecule has 3 aromatic rings. The van der Waals surface area contributed by atoms with Crippen molar-refractivity contribution in [2.45, 2.75) is 39.7 Å². The molecule has 2 aromatic carbocycles. The van der Waals surface area contributed by atoms with Gasteiger partial charge in [0.1, 0.15) is 12.4 Å². The summed E-state index contributed by atoms with van der Waals surface area (Å²) in [6, 6.07) is 10.8. The van der Waals surface area contributed by atoms with E-state index in [1.165, 1.54) is 27.8 Å². The molecular weight excluding hydrogens is 350 g/mol. The maximum Gasteiger partial charge on any atom is 0.270 e. The summed E-state index contributed by atoms with van der Waals surface area (Å²) in [5, 5.41) is 3.40. The van der Waals surface area contributed by atoms with E-state index in [4.69, 9.17) is 4.74 Å². The summed E-state index contributed by atoms with van der Waals surface area (Å²) in [7, 11) is 0. The molecule has 1 heterocycles. The van der Waals surface area contributed by atoms with Gasteiger partial charge in [0.05, 0.1) is 0 Å². The lowest BCUT2D eigenvalue weighted by Crippen LogP contribution is -2.08. The number of alkyl halides is 2. The first-order valence-electron chi connectivity index (χ1n) is 8.49. The van der Waals surface area contributed by atoms with Gasteiger partial charge in [-0.3, -0.25) is 0 Å². The highest BCUT2D eigenvalue weighted by Gasteiger charge is 2.24. The molecule has 0 aliphatic rings. The number of thiophene rings is 1. The Morgan fingerprint density at radius 3 is 2.58 bits per heavy atom. The molecule has 1 nitrogen and oxygen atoms in total. The van der Waals surface area contributed by atoms with Crippen LogP contribution in [0.1, 0.15) is 36.1 Å². The molecule has 0 radical (unpaired) electrons. The van der Waals surface area contributed by atoms with Crippen molar-refractivity contribution < 1.29 is 13.5 Å². The van der Waals surface area contributed by atoms with E-state index in [-0.39, 0.29) is 5.56 Å². The predicted molar refractivity (Wildman–Crippen MR) is 105 cm³/mol. The van der Waals surface area contributed by atoms with Gasteiger partial charge in [0.2, 0.25) is 0 Å². The van der Waals surface area contributed by atoms with Crippen LogP contribution in [0, 0.1) is 6.92 Å². The van der Waals surface area contributed by atoms with Crippen molar-refractivity contribution in [2.75, 3.05) is 0 Å². The monoisotopic (exact) mass is 372 g/mol. The van der Waals surface area contributed by atoms with Gasteiger partial charge in [-0.05, 0) is 72.0 Å². The summed E-state index contributed by atoms with van der Waals surface area (Å²) in [4.78, 5) is 0. The molecule has 0 aliphatic carbocycles. The lowest BCUT2D eigenvalue weighted by Gasteiger charge is -2.14. The maximum absolute atomic E-state index is 13.4. The van der Waals surface area contributed by atoms with Crippen molar-refractivity contribution in [1.29, 1.82) is 0 Å². The molecule has 136 valence electrons. The molecule has 0 unspecified atom stereocenters. The van der Waals surface area contributed by atoms with Crippen LogP contribution in [0.2, 0.25) is 0 Å². The quantitative estimate of drug-likeness (QED) is 0.423. The first-order chi connectivity index (χ1) is 12.2. The standard InChI is InChI=1S/C22H22F2OS/c1-14(2)9-17-13-26-21-11-19(7-8-20(17)21)25-12-16-5-6-18(10-15(16)3)22(4,23)24/h5-8,10-11,13H,1,9,12H2,2-4H3. The minimum absolute atomic E-state index is 0.0313. The summed E-state index contributed by atoms with van der Waals surface area (Å²) in [6.07, 6.45) is 0.883. The fourth-order valence-electron chi connectivity index (χ4n) is 2.91. The molecule has 0 bridgehead atoms. The van der Waals surface area contributed by atoms with E-state index in [0.29, 0.717) is 6.61 Å². The van der Waals surface area contributed by atoms with Crippen molar-refractivity contribution in [3.05, 3.63) is 76.2 Å². The first kappa shape index (κ1) is 18.6. The number of ether oxygens (including phenoxy) is 1. The minimum atomic E-state index is -2.82. The topological polar surface area (TPSA) is 9.23 Å². The number of fused-ring (bicyclic) bond motifs is 1. The fraction of sp³-hybridized carbons (Fsp3) is 0.273. The molecule has 0 aliphatic heterocycles. The average Bonchev–Trinajstić information content (AvgIpc) is 2.94. The molecule has 0 fully saturated rings. The third kappa shape index (κ3) is 4.13. The third-order valence-corrected chi connectivity index (χ3v) is 5.36. The zero-order chi connectivity index (χ0) is 18.9.